The van der Waals surface area contributed by atoms with E-state index in [2.05, 4.69) is 47.4 Å². The minimum Gasteiger partial charge on any atom is -0.497 e. The van der Waals surface area contributed by atoms with Crippen molar-refractivity contribution in [3.8, 4) is 22.6 Å². The Kier molecular flexibility index (Phi) is 8.35. The first kappa shape index (κ1) is 27.6. The number of methoxy groups -OCH3 is 1. The van der Waals surface area contributed by atoms with E-state index in [9.17, 15) is 9.59 Å². The summed E-state index contributed by atoms with van der Waals surface area (Å²) in [5, 5.41) is 5.42. The Balaban J connectivity index is 1.43. The Bertz CT molecular complexity index is 1770. The van der Waals surface area contributed by atoms with Gasteiger partial charge in [-0.25, -0.2) is 10.2 Å². The highest BCUT2D eigenvalue weighted by Crippen LogP contribution is 2.38. The molecule has 5 rings (SSSR count). The number of hydrogen-bond donors (Lipinski definition) is 2. The van der Waals surface area contributed by atoms with Gasteiger partial charge in [0.05, 0.1) is 18.9 Å². The van der Waals surface area contributed by atoms with E-state index in [0.717, 1.165) is 19.8 Å². The van der Waals surface area contributed by atoms with Crippen LogP contribution in [0, 0.1) is 0 Å². The summed E-state index contributed by atoms with van der Waals surface area (Å²) in [6.45, 7) is 0. The van der Waals surface area contributed by atoms with Crippen LogP contribution in [0.5, 0.6) is 11.5 Å². The van der Waals surface area contributed by atoms with E-state index in [-0.39, 0.29) is 11.4 Å². The largest absolute Gasteiger partial charge is 0.497 e. The predicted molar refractivity (Wildman–Crippen MR) is 164 cm³/mol. The number of H-pyrrole nitrogens is 1. The number of aromatic nitrogens is 1. The van der Waals surface area contributed by atoms with Crippen molar-refractivity contribution in [2.75, 3.05) is 7.11 Å². The van der Waals surface area contributed by atoms with Crippen molar-refractivity contribution in [2.24, 2.45) is 5.10 Å². The van der Waals surface area contributed by atoms with E-state index < -0.39 is 11.9 Å². The molecule has 0 unspecified atom stereocenters. The Labute approximate surface area is 251 Å². The van der Waals surface area contributed by atoms with E-state index in [4.69, 9.17) is 21.1 Å². The fraction of sp³-hybridized carbons (Fsp3) is 0.0333. The minimum atomic E-state index is -0.522. The number of hydrazone groups is 1. The number of carbonyl (C=O) groups is 2. The summed E-state index contributed by atoms with van der Waals surface area (Å²) >= 11 is 13.3. The van der Waals surface area contributed by atoms with Gasteiger partial charge in [0, 0.05) is 41.6 Å². The van der Waals surface area contributed by atoms with Crippen LogP contribution in [-0.4, -0.2) is 30.2 Å². The third-order valence-electron chi connectivity index (χ3n) is 6.00. The molecule has 0 spiro atoms. The lowest BCUT2D eigenvalue weighted by atomic mass is 10.0. The summed E-state index contributed by atoms with van der Waals surface area (Å²) in [6.07, 6.45) is 1.41. The molecule has 0 atom stereocenters. The van der Waals surface area contributed by atoms with E-state index in [1.807, 2.05) is 30.3 Å². The quantitative estimate of drug-likeness (QED) is 0.0788. The van der Waals surface area contributed by atoms with E-state index in [0.29, 0.717) is 33.0 Å². The Hall–Kier alpha value is -3.92. The Morgan fingerprint density at radius 2 is 1.70 bits per heavy atom. The predicted octanol–water partition coefficient (Wildman–Crippen LogP) is 8.01. The molecule has 0 bridgehead atoms. The second kappa shape index (κ2) is 12.1. The first-order valence-corrected chi connectivity index (χ1v) is 13.9. The highest BCUT2D eigenvalue weighted by Gasteiger charge is 2.21. The zero-order valence-electron chi connectivity index (χ0n) is 20.9. The molecule has 0 radical (unpaired) electrons. The van der Waals surface area contributed by atoms with Gasteiger partial charge in [0.25, 0.3) is 5.91 Å². The lowest BCUT2D eigenvalue weighted by Gasteiger charge is -2.09. The van der Waals surface area contributed by atoms with Crippen molar-refractivity contribution in [3.05, 3.63) is 116 Å². The maximum atomic E-state index is 13.4. The van der Waals surface area contributed by atoms with E-state index in [1.165, 1.54) is 6.21 Å². The topological polar surface area (TPSA) is 92.8 Å². The molecule has 0 saturated carbocycles. The number of rotatable bonds is 7. The number of halogens is 3. The molecular formula is C30H20Br2ClN3O4. The highest BCUT2D eigenvalue weighted by molar-refractivity contribution is 9.10. The number of fused-ring (bicyclic) bond motifs is 1. The van der Waals surface area contributed by atoms with Crippen LogP contribution in [0.4, 0.5) is 0 Å². The summed E-state index contributed by atoms with van der Waals surface area (Å²) in [4.78, 5) is 29.2. The van der Waals surface area contributed by atoms with Crippen molar-refractivity contribution in [3.63, 3.8) is 0 Å². The van der Waals surface area contributed by atoms with Crippen LogP contribution in [-0.2, 0) is 0 Å². The molecule has 0 aliphatic rings. The molecule has 0 saturated heterocycles. The third kappa shape index (κ3) is 5.96. The number of hydrogen-bond acceptors (Lipinski definition) is 5. The van der Waals surface area contributed by atoms with Crippen LogP contribution < -0.4 is 14.9 Å². The van der Waals surface area contributed by atoms with Crippen molar-refractivity contribution in [1.29, 1.82) is 0 Å². The van der Waals surface area contributed by atoms with Crippen LogP contribution >= 0.6 is 43.5 Å². The smallest absolute Gasteiger partial charge is 0.343 e. The van der Waals surface area contributed by atoms with Gasteiger partial charge in [-0.2, -0.15) is 5.10 Å². The SMILES string of the molecule is COc1ccc2[nH]c(C(=O)NN=Cc3cc(Br)ccc3OC(=O)c3ccc(Br)cc3)c(-c3ccccc3Cl)c2c1. The molecule has 7 nitrogen and oxygen atoms in total. The summed E-state index contributed by atoms with van der Waals surface area (Å²) < 4.78 is 12.6. The standard InChI is InChI=1S/C30H20Br2ClN3O4/c1-39-21-11-12-25-23(15-21)27(22-4-2-3-5-24(22)33)28(35-25)29(37)36-34-16-18-14-20(32)10-13-26(18)40-30(38)17-6-8-19(31)9-7-17/h2-16,35H,1H3,(H,36,37). The molecule has 0 fully saturated rings. The lowest BCUT2D eigenvalue weighted by Crippen LogP contribution is -2.19. The normalized spacial score (nSPS) is 11.1. The van der Waals surface area contributed by atoms with Crippen molar-refractivity contribution >= 4 is 72.5 Å². The van der Waals surface area contributed by atoms with Gasteiger partial charge in [-0.3, -0.25) is 4.79 Å². The molecule has 40 heavy (non-hydrogen) atoms. The fourth-order valence-electron chi connectivity index (χ4n) is 4.09. The first-order chi connectivity index (χ1) is 19.3. The number of aromatic amines is 1. The monoisotopic (exact) mass is 679 g/mol. The average Bonchev–Trinajstić information content (AvgIpc) is 3.33. The number of ether oxygens (including phenoxy) is 2. The summed E-state index contributed by atoms with van der Waals surface area (Å²) in [7, 11) is 1.58. The summed E-state index contributed by atoms with van der Waals surface area (Å²) in [5.41, 5.74) is 5.77. The van der Waals surface area contributed by atoms with Crippen LogP contribution in [0.25, 0.3) is 22.0 Å². The fourth-order valence-corrected chi connectivity index (χ4v) is 4.96. The van der Waals surface area contributed by atoms with Gasteiger partial charge < -0.3 is 14.5 Å². The maximum absolute atomic E-state index is 13.4. The van der Waals surface area contributed by atoms with Crippen molar-refractivity contribution in [1.82, 2.24) is 10.4 Å². The third-order valence-corrected chi connectivity index (χ3v) is 7.35. The van der Waals surface area contributed by atoms with E-state index in [1.54, 1.807) is 61.7 Å². The molecule has 0 aliphatic carbocycles. The number of benzene rings is 4. The molecular weight excluding hydrogens is 662 g/mol. The second-order valence-corrected chi connectivity index (χ2v) is 10.8. The molecule has 2 N–H and O–H groups in total. The molecule has 4 aromatic carbocycles. The zero-order valence-corrected chi connectivity index (χ0v) is 24.8. The summed E-state index contributed by atoms with van der Waals surface area (Å²) in [5.74, 6) is -0.0793. The molecule has 5 aromatic rings. The van der Waals surface area contributed by atoms with Gasteiger partial charge in [0.2, 0.25) is 0 Å². The van der Waals surface area contributed by atoms with Gasteiger partial charge >= 0.3 is 5.97 Å². The minimum absolute atomic E-state index is 0.281. The van der Waals surface area contributed by atoms with Gasteiger partial charge in [-0.1, -0.05) is 61.7 Å². The molecule has 200 valence electrons. The number of amides is 1. The van der Waals surface area contributed by atoms with Crippen molar-refractivity contribution in [2.45, 2.75) is 0 Å². The molecule has 1 amide bonds. The zero-order chi connectivity index (χ0) is 28.2. The van der Waals surface area contributed by atoms with Crippen LogP contribution in [0.2, 0.25) is 5.02 Å². The van der Waals surface area contributed by atoms with E-state index >= 15 is 0 Å². The summed E-state index contributed by atoms with van der Waals surface area (Å²) in [6, 6.07) is 24.7. The van der Waals surface area contributed by atoms with Crippen LogP contribution in [0.3, 0.4) is 0 Å². The first-order valence-electron chi connectivity index (χ1n) is 11.9. The van der Waals surface area contributed by atoms with Gasteiger partial charge in [0.15, 0.2) is 0 Å². The van der Waals surface area contributed by atoms with Crippen LogP contribution in [0.1, 0.15) is 26.4 Å². The Morgan fingerprint density at radius 3 is 2.45 bits per heavy atom. The number of esters is 1. The average molecular weight is 682 g/mol. The number of nitrogens with zero attached hydrogens (tertiary/aromatic N) is 1. The molecule has 1 heterocycles. The van der Waals surface area contributed by atoms with Crippen molar-refractivity contribution < 1.29 is 19.1 Å². The highest BCUT2D eigenvalue weighted by atomic mass is 79.9. The van der Waals surface area contributed by atoms with Gasteiger partial charge in [-0.05, 0) is 66.7 Å². The Morgan fingerprint density at radius 1 is 0.950 bits per heavy atom. The molecule has 0 aliphatic heterocycles. The lowest BCUT2D eigenvalue weighted by molar-refractivity contribution is 0.0734. The molecule has 1 aromatic heterocycles. The number of carbonyl (C=O) groups excluding carboxylic acids is 2. The second-order valence-electron chi connectivity index (χ2n) is 8.54. The van der Waals surface area contributed by atoms with Gasteiger partial charge in [-0.15, -0.1) is 0 Å². The number of nitrogens with one attached hydrogen (secondary N) is 2. The molecule has 10 heteroatoms. The van der Waals surface area contributed by atoms with Gasteiger partial charge in [0.1, 0.15) is 17.2 Å². The van der Waals surface area contributed by atoms with Crippen LogP contribution in [0.15, 0.2) is 99.0 Å². The maximum Gasteiger partial charge on any atom is 0.343 e.